The van der Waals surface area contributed by atoms with E-state index < -0.39 is 0 Å². The molecule has 1 heterocycles. The highest BCUT2D eigenvalue weighted by Gasteiger charge is 2.11. The molecule has 0 fully saturated rings. The Morgan fingerprint density at radius 3 is 2.80 bits per heavy atom. The van der Waals surface area contributed by atoms with Crippen molar-refractivity contribution in [3.63, 3.8) is 0 Å². The number of halogens is 1. The van der Waals surface area contributed by atoms with Crippen molar-refractivity contribution in [2.24, 2.45) is 5.10 Å². The number of nitrogens with zero attached hydrogens (tertiary/aromatic N) is 1. The molecule has 0 atom stereocenters. The number of fused-ring (bicyclic) bond motifs is 1. The number of ether oxygens (including phenoxy) is 2. The van der Waals surface area contributed by atoms with Crippen molar-refractivity contribution in [3.8, 4) is 11.5 Å². The summed E-state index contributed by atoms with van der Waals surface area (Å²) in [6, 6.07) is 12.5. The third-order valence-electron chi connectivity index (χ3n) is 3.35. The second-order valence-corrected chi connectivity index (χ2v) is 5.46. The van der Waals surface area contributed by atoms with Gasteiger partial charge in [-0.3, -0.25) is 4.79 Å². The number of benzene rings is 2. The van der Waals surface area contributed by atoms with Crippen LogP contribution in [0.3, 0.4) is 0 Å². The Kier molecular flexibility index (Phi) is 5.49. The van der Waals surface area contributed by atoms with Crippen LogP contribution in [0.5, 0.6) is 11.5 Å². The SMILES string of the molecule is O=C(N/N=C/C=C/C=C/c1ccc2c(c1)OCO2)c1ccccc1Cl. The Balaban J connectivity index is 1.49. The molecule has 25 heavy (non-hydrogen) atoms. The summed E-state index contributed by atoms with van der Waals surface area (Å²) in [4.78, 5) is 11.9. The predicted octanol–water partition coefficient (Wildman–Crippen LogP) is 4.05. The molecule has 1 N–H and O–H groups in total. The van der Waals surface area contributed by atoms with Crippen LogP contribution < -0.4 is 14.9 Å². The molecule has 1 aliphatic rings. The van der Waals surface area contributed by atoms with Crippen LogP contribution in [0.1, 0.15) is 15.9 Å². The fourth-order valence-electron chi connectivity index (χ4n) is 2.14. The van der Waals surface area contributed by atoms with Crippen molar-refractivity contribution >= 4 is 29.8 Å². The van der Waals surface area contributed by atoms with E-state index in [4.69, 9.17) is 21.1 Å². The molecule has 2 aromatic rings. The number of carbonyl (C=O) groups excluding carboxylic acids is 1. The minimum absolute atomic E-state index is 0.263. The average Bonchev–Trinajstić information content (AvgIpc) is 3.09. The van der Waals surface area contributed by atoms with Crippen LogP contribution in [0.2, 0.25) is 5.02 Å². The van der Waals surface area contributed by atoms with Crippen LogP contribution in [-0.2, 0) is 0 Å². The normalized spacial score (nSPS) is 13.2. The molecule has 0 spiro atoms. The second-order valence-electron chi connectivity index (χ2n) is 5.06. The predicted molar refractivity (Wildman–Crippen MR) is 98.1 cm³/mol. The molecule has 0 saturated carbocycles. The van der Waals surface area contributed by atoms with Gasteiger partial charge in [0.25, 0.3) is 5.91 Å². The van der Waals surface area contributed by atoms with Crippen LogP contribution in [-0.4, -0.2) is 18.9 Å². The minimum Gasteiger partial charge on any atom is -0.454 e. The summed E-state index contributed by atoms with van der Waals surface area (Å²) >= 11 is 5.94. The smallest absolute Gasteiger partial charge is 0.272 e. The first-order valence-corrected chi connectivity index (χ1v) is 7.93. The highest BCUT2D eigenvalue weighted by molar-refractivity contribution is 6.33. The first-order chi connectivity index (χ1) is 12.2. The summed E-state index contributed by atoms with van der Waals surface area (Å²) in [6.07, 6.45) is 8.78. The van der Waals surface area contributed by atoms with E-state index in [2.05, 4.69) is 10.5 Å². The molecule has 0 saturated heterocycles. The summed E-state index contributed by atoms with van der Waals surface area (Å²) < 4.78 is 10.6. The molecule has 126 valence electrons. The van der Waals surface area contributed by atoms with Gasteiger partial charge in [0.05, 0.1) is 10.6 Å². The number of hydrogen-bond acceptors (Lipinski definition) is 4. The van der Waals surface area contributed by atoms with Crippen LogP contribution in [0.15, 0.2) is 65.8 Å². The van der Waals surface area contributed by atoms with Gasteiger partial charge < -0.3 is 9.47 Å². The molecule has 0 radical (unpaired) electrons. The van der Waals surface area contributed by atoms with Crippen molar-refractivity contribution in [3.05, 3.63) is 76.8 Å². The minimum atomic E-state index is -0.355. The Bertz CT molecular complexity index is 859. The highest BCUT2D eigenvalue weighted by Crippen LogP contribution is 2.32. The highest BCUT2D eigenvalue weighted by atomic mass is 35.5. The Hall–Kier alpha value is -3.05. The fraction of sp³-hybridized carbons (Fsp3) is 0.0526. The monoisotopic (exact) mass is 354 g/mol. The van der Waals surface area contributed by atoms with E-state index in [1.165, 1.54) is 6.21 Å². The van der Waals surface area contributed by atoms with Crippen molar-refractivity contribution in [2.75, 3.05) is 6.79 Å². The maximum atomic E-state index is 11.9. The van der Waals surface area contributed by atoms with Gasteiger partial charge in [-0.2, -0.15) is 5.10 Å². The molecule has 1 aliphatic heterocycles. The topological polar surface area (TPSA) is 59.9 Å². The molecule has 0 aromatic heterocycles. The molecule has 0 bridgehead atoms. The average molecular weight is 355 g/mol. The van der Waals surface area contributed by atoms with E-state index in [9.17, 15) is 4.79 Å². The lowest BCUT2D eigenvalue weighted by Gasteiger charge is -2.00. The standard InChI is InChI=1S/C19H15ClN2O3/c20-16-8-4-3-7-15(16)19(23)22-21-11-5-1-2-6-14-9-10-17-18(12-14)25-13-24-17/h1-12H,13H2,(H,22,23)/b5-1+,6-2+,21-11+. The Morgan fingerprint density at radius 2 is 1.92 bits per heavy atom. The van der Waals surface area contributed by atoms with Gasteiger partial charge >= 0.3 is 0 Å². The van der Waals surface area contributed by atoms with E-state index in [1.807, 2.05) is 30.4 Å². The van der Waals surface area contributed by atoms with Gasteiger partial charge in [-0.1, -0.05) is 48.0 Å². The van der Waals surface area contributed by atoms with Crippen molar-refractivity contribution < 1.29 is 14.3 Å². The van der Waals surface area contributed by atoms with E-state index in [1.54, 1.807) is 36.4 Å². The van der Waals surface area contributed by atoms with Crippen LogP contribution in [0.4, 0.5) is 0 Å². The van der Waals surface area contributed by atoms with Crippen LogP contribution in [0, 0.1) is 0 Å². The molecule has 1 amide bonds. The zero-order valence-corrected chi connectivity index (χ0v) is 13.9. The first-order valence-electron chi connectivity index (χ1n) is 7.55. The summed E-state index contributed by atoms with van der Waals surface area (Å²) in [6.45, 7) is 0.263. The van der Waals surface area contributed by atoms with Crippen molar-refractivity contribution in [1.82, 2.24) is 5.43 Å². The molecule has 5 nitrogen and oxygen atoms in total. The Labute approximate surface area is 150 Å². The van der Waals surface area contributed by atoms with Crippen molar-refractivity contribution in [1.29, 1.82) is 0 Å². The molecule has 6 heteroatoms. The number of allylic oxidation sites excluding steroid dienone is 3. The quantitative estimate of drug-likeness (QED) is 0.500. The number of rotatable bonds is 5. The lowest BCUT2D eigenvalue weighted by molar-refractivity contribution is 0.0955. The number of carbonyl (C=O) groups is 1. The maximum Gasteiger partial charge on any atom is 0.272 e. The number of hydrazone groups is 1. The zero-order chi connectivity index (χ0) is 17.5. The van der Waals surface area contributed by atoms with Gasteiger partial charge in [-0.25, -0.2) is 5.43 Å². The van der Waals surface area contributed by atoms with Gasteiger partial charge in [0.1, 0.15) is 0 Å². The third-order valence-corrected chi connectivity index (χ3v) is 3.68. The fourth-order valence-corrected chi connectivity index (χ4v) is 2.36. The molecule has 3 rings (SSSR count). The summed E-state index contributed by atoms with van der Waals surface area (Å²) in [5.41, 5.74) is 3.80. The third kappa shape index (κ3) is 4.49. The van der Waals surface area contributed by atoms with E-state index in [-0.39, 0.29) is 12.7 Å². The number of hydrogen-bond donors (Lipinski definition) is 1. The number of amides is 1. The zero-order valence-electron chi connectivity index (χ0n) is 13.2. The summed E-state index contributed by atoms with van der Waals surface area (Å²) in [7, 11) is 0. The first kappa shape index (κ1) is 16.8. The maximum absolute atomic E-state index is 11.9. The van der Waals surface area contributed by atoms with Crippen LogP contribution >= 0.6 is 11.6 Å². The van der Waals surface area contributed by atoms with Gasteiger partial charge in [0.15, 0.2) is 11.5 Å². The van der Waals surface area contributed by atoms with E-state index in [0.717, 1.165) is 17.1 Å². The molecule has 0 aliphatic carbocycles. The van der Waals surface area contributed by atoms with Gasteiger partial charge in [-0.05, 0) is 35.9 Å². The summed E-state index contributed by atoms with van der Waals surface area (Å²) in [5.74, 6) is 1.15. The van der Waals surface area contributed by atoms with Gasteiger partial charge in [0, 0.05) is 6.21 Å². The van der Waals surface area contributed by atoms with Crippen LogP contribution in [0.25, 0.3) is 6.08 Å². The van der Waals surface area contributed by atoms with E-state index >= 15 is 0 Å². The van der Waals surface area contributed by atoms with Crippen molar-refractivity contribution in [2.45, 2.75) is 0 Å². The van der Waals surface area contributed by atoms with Gasteiger partial charge in [-0.15, -0.1) is 0 Å². The molecule has 2 aromatic carbocycles. The largest absolute Gasteiger partial charge is 0.454 e. The summed E-state index contributed by atoms with van der Waals surface area (Å²) in [5, 5.41) is 4.23. The lowest BCUT2D eigenvalue weighted by Crippen LogP contribution is -2.17. The lowest BCUT2D eigenvalue weighted by atomic mass is 10.2. The number of nitrogens with one attached hydrogen (secondary N) is 1. The molecular weight excluding hydrogens is 340 g/mol. The van der Waals surface area contributed by atoms with Gasteiger partial charge in [0.2, 0.25) is 6.79 Å². The molecule has 0 unspecified atom stereocenters. The Morgan fingerprint density at radius 1 is 1.08 bits per heavy atom. The van der Waals surface area contributed by atoms with E-state index in [0.29, 0.717) is 10.6 Å². The molecular formula is C19H15ClN2O3. The second kappa shape index (κ2) is 8.17.